The molecule has 0 aliphatic heterocycles. The smallest absolute Gasteiger partial charge is 0.333 e. The number of fused-ring (bicyclic) bond motifs is 1. The van der Waals surface area contributed by atoms with E-state index in [1.54, 1.807) is 45.0 Å². The zero-order valence-electron chi connectivity index (χ0n) is 25.0. The highest BCUT2D eigenvalue weighted by Gasteiger charge is 2.36. The summed E-state index contributed by atoms with van der Waals surface area (Å²) in [4.78, 5) is 55.5. The lowest BCUT2D eigenvalue weighted by atomic mass is 9.91. The van der Waals surface area contributed by atoms with Crippen molar-refractivity contribution < 1.29 is 19.1 Å². The zero-order chi connectivity index (χ0) is 31.5. The molecular formula is C30H34N6O6S. The first-order valence-corrected chi connectivity index (χ1v) is 14.6. The molecule has 4 aromatic rings. The van der Waals surface area contributed by atoms with E-state index < -0.39 is 28.9 Å². The average Bonchev–Trinajstić information content (AvgIpc) is 3.58. The summed E-state index contributed by atoms with van der Waals surface area (Å²) in [6, 6.07) is 8.81. The van der Waals surface area contributed by atoms with Crippen LogP contribution in [0.4, 0.5) is 0 Å². The highest BCUT2D eigenvalue weighted by atomic mass is 32.1. The molecule has 3 heterocycles. The minimum absolute atomic E-state index is 0.0181. The molecule has 0 saturated heterocycles. The molecule has 226 valence electrons. The zero-order valence-corrected chi connectivity index (χ0v) is 25.8. The van der Waals surface area contributed by atoms with Gasteiger partial charge >= 0.3 is 11.7 Å². The summed E-state index contributed by atoms with van der Waals surface area (Å²) in [5.74, 6) is -0.529. The van der Waals surface area contributed by atoms with Crippen LogP contribution in [-0.2, 0) is 26.4 Å². The number of ether oxygens (including phenoxy) is 2. The second-order valence-corrected chi connectivity index (χ2v) is 12.0. The number of para-hydroxylation sites is 1. The maximum Gasteiger partial charge on any atom is 0.333 e. The predicted octanol–water partition coefficient (Wildman–Crippen LogP) is 4.06. The number of nitriles is 1. The lowest BCUT2D eigenvalue weighted by molar-refractivity contribution is -0.132. The average molecular weight is 607 g/mol. The van der Waals surface area contributed by atoms with Crippen molar-refractivity contribution in [3.63, 3.8) is 0 Å². The predicted molar refractivity (Wildman–Crippen MR) is 160 cm³/mol. The second kappa shape index (κ2) is 12.8. The maximum absolute atomic E-state index is 14.4. The number of benzene rings is 1. The van der Waals surface area contributed by atoms with Crippen molar-refractivity contribution in [3.05, 3.63) is 68.6 Å². The van der Waals surface area contributed by atoms with Crippen LogP contribution in [0, 0.1) is 24.2 Å². The van der Waals surface area contributed by atoms with Crippen LogP contribution in [0.2, 0.25) is 0 Å². The largest absolute Gasteiger partial charge is 0.426 e. The van der Waals surface area contributed by atoms with E-state index in [2.05, 4.69) is 10.2 Å². The van der Waals surface area contributed by atoms with Gasteiger partial charge in [-0.1, -0.05) is 43.4 Å². The lowest BCUT2D eigenvalue weighted by Gasteiger charge is -2.28. The van der Waals surface area contributed by atoms with E-state index in [0.717, 1.165) is 15.9 Å². The minimum Gasteiger partial charge on any atom is -0.426 e. The van der Waals surface area contributed by atoms with E-state index in [1.807, 2.05) is 19.9 Å². The highest BCUT2D eigenvalue weighted by molar-refractivity contribution is 7.21. The van der Waals surface area contributed by atoms with Crippen molar-refractivity contribution in [2.24, 2.45) is 5.92 Å². The molecule has 0 unspecified atom stereocenters. The molecule has 0 amide bonds. The Hall–Kier alpha value is -4.41. The van der Waals surface area contributed by atoms with Crippen molar-refractivity contribution in [2.75, 3.05) is 6.61 Å². The van der Waals surface area contributed by atoms with Crippen LogP contribution in [0.25, 0.3) is 15.2 Å². The van der Waals surface area contributed by atoms with E-state index in [9.17, 15) is 19.2 Å². The molecule has 3 aromatic heterocycles. The molecule has 13 heteroatoms. The van der Waals surface area contributed by atoms with Crippen molar-refractivity contribution in [1.82, 2.24) is 24.1 Å². The van der Waals surface area contributed by atoms with Gasteiger partial charge in [0.2, 0.25) is 0 Å². The van der Waals surface area contributed by atoms with Crippen molar-refractivity contribution in [2.45, 2.75) is 72.6 Å². The van der Waals surface area contributed by atoms with Crippen LogP contribution in [0.3, 0.4) is 0 Å². The lowest BCUT2D eigenvalue weighted by Crippen LogP contribution is -2.53. The van der Waals surface area contributed by atoms with Crippen LogP contribution in [0.5, 0.6) is 5.75 Å². The monoisotopic (exact) mass is 606 g/mol. The van der Waals surface area contributed by atoms with Gasteiger partial charge in [-0.2, -0.15) is 15.5 Å². The van der Waals surface area contributed by atoms with E-state index in [0.29, 0.717) is 21.0 Å². The molecule has 0 bridgehead atoms. The van der Waals surface area contributed by atoms with Gasteiger partial charge in [-0.3, -0.25) is 19.0 Å². The van der Waals surface area contributed by atoms with E-state index in [-0.39, 0.29) is 48.8 Å². The Morgan fingerprint density at radius 3 is 2.44 bits per heavy atom. The second-order valence-electron chi connectivity index (χ2n) is 11.0. The summed E-state index contributed by atoms with van der Waals surface area (Å²) in [5.41, 5.74) is -1.71. The number of ketones is 1. The van der Waals surface area contributed by atoms with E-state index in [1.165, 1.54) is 28.7 Å². The molecule has 0 aliphatic carbocycles. The molecule has 43 heavy (non-hydrogen) atoms. The van der Waals surface area contributed by atoms with Gasteiger partial charge in [0.25, 0.3) is 5.56 Å². The van der Waals surface area contributed by atoms with Crippen LogP contribution in [-0.4, -0.2) is 42.5 Å². The molecular weight excluding hydrogens is 572 g/mol. The molecule has 1 aromatic carbocycles. The molecule has 12 nitrogen and oxygen atoms in total. The number of nitrogens with zero attached hydrogens (tertiary/aromatic N) is 6. The van der Waals surface area contributed by atoms with Crippen molar-refractivity contribution in [3.8, 4) is 16.8 Å². The summed E-state index contributed by atoms with van der Waals surface area (Å²) >= 11 is 1.16. The first-order valence-electron chi connectivity index (χ1n) is 13.8. The van der Waals surface area contributed by atoms with Crippen molar-refractivity contribution in [1.29, 1.82) is 5.26 Å². The van der Waals surface area contributed by atoms with Crippen molar-refractivity contribution >= 4 is 33.3 Å². The fraction of sp³-hybridized carbons (Fsp3) is 0.433. The summed E-state index contributed by atoms with van der Waals surface area (Å²) in [5, 5.41) is 18.4. The molecule has 0 radical (unpaired) electrons. The first kappa shape index (κ1) is 31.5. The number of hydrogen-bond donors (Lipinski definition) is 0. The molecule has 0 aliphatic rings. The number of thiophene rings is 1. The first-order chi connectivity index (χ1) is 20.4. The van der Waals surface area contributed by atoms with Crippen LogP contribution >= 0.6 is 11.3 Å². The number of Topliss-reactive ketones (excluding diaryl/α,β-unsaturated/α-hetero) is 1. The molecule has 1 atom stereocenters. The Labute approximate surface area is 252 Å². The number of hydrogen-bond acceptors (Lipinski definition) is 10. The van der Waals surface area contributed by atoms with Gasteiger partial charge in [0.1, 0.15) is 27.2 Å². The van der Waals surface area contributed by atoms with Gasteiger partial charge in [0.05, 0.1) is 43.4 Å². The highest BCUT2D eigenvalue weighted by Crippen LogP contribution is 2.34. The molecule has 4 rings (SSSR count). The van der Waals surface area contributed by atoms with Gasteiger partial charge in [0, 0.05) is 24.5 Å². The Kier molecular flexibility index (Phi) is 9.42. The number of carbonyl (C=O) groups is 2. The fourth-order valence-corrected chi connectivity index (χ4v) is 6.11. The van der Waals surface area contributed by atoms with E-state index in [4.69, 9.17) is 14.7 Å². The maximum atomic E-state index is 14.4. The third-order valence-corrected chi connectivity index (χ3v) is 8.30. The van der Waals surface area contributed by atoms with Gasteiger partial charge in [0.15, 0.2) is 5.78 Å². The summed E-state index contributed by atoms with van der Waals surface area (Å²) in [6.07, 6.45) is 2.42. The number of esters is 1. The topological polar surface area (TPSA) is 151 Å². The Balaban J connectivity index is 2.01. The van der Waals surface area contributed by atoms with Gasteiger partial charge < -0.3 is 9.47 Å². The molecule has 0 N–H and O–H groups in total. The molecule has 0 spiro atoms. The summed E-state index contributed by atoms with van der Waals surface area (Å²) in [7, 11) is 0. The standard InChI is InChI=1S/C30H34N6O6S/c1-18(2)16-24(38)30(5,6)35-26(39)25-19(3)27(36-32-13-14-33-36)43-28(25)34(29(35)40)17-23(41-15-9-12-31)21-10-7-8-11-22(21)42-20(4)37/h7-8,10-11,13-14,18,23H,9,15-17H2,1-6H3/t23-/m0/s1. The number of rotatable bonds is 12. The van der Waals surface area contributed by atoms with Crippen LogP contribution < -0.4 is 16.0 Å². The summed E-state index contributed by atoms with van der Waals surface area (Å²) < 4.78 is 14.0. The van der Waals surface area contributed by atoms with Crippen LogP contribution in [0.15, 0.2) is 46.2 Å². The Bertz CT molecular complexity index is 1810. The van der Waals surface area contributed by atoms with Gasteiger partial charge in [-0.05, 0) is 32.8 Å². The van der Waals surface area contributed by atoms with E-state index >= 15 is 0 Å². The molecule has 0 fully saturated rings. The normalized spacial score (nSPS) is 12.4. The van der Waals surface area contributed by atoms with Crippen LogP contribution in [0.1, 0.15) is 64.7 Å². The minimum atomic E-state index is -1.46. The molecule has 0 saturated carbocycles. The summed E-state index contributed by atoms with van der Waals surface area (Å²) in [6.45, 7) is 9.90. The number of aryl methyl sites for hydroxylation is 1. The number of carbonyl (C=O) groups excluding carboxylic acids is 2. The van der Waals surface area contributed by atoms with Gasteiger partial charge in [-0.25, -0.2) is 9.36 Å². The number of aromatic nitrogens is 5. The Morgan fingerprint density at radius 2 is 1.81 bits per heavy atom. The van der Waals surface area contributed by atoms with Gasteiger partial charge in [-0.15, -0.1) is 4.80 Å². The quantitative estimate of drug-likeness (QED) is 0.132. The third-order valence-electron chi connectivity index (χ3n) is 7.02. The fourth-order valence-electron chi connectivity index (χ4n) is 4.89. The third kappa shape index (κ3) is 6.35. The SMILES string of the molecule is CC(=O)Oc1ccccc1[C@H](Cn1c(=O)n(C(C)(C)C(=O)CC(C)C)c(=O)c2c(C)c(-n3nccn3)sc21)OCCC#N. The Morgan fingerprint density at radius 1 is 1.14 bits per heavy atom.